The lowest BCUT2D eigenvalue weighted by atomic mass is 10.2. The van der Waals surface area contributed by atoms with Gasteiger partial charge in [-0.1, -0.05) is 65.1 Å². The highest BCUT2D eigenvalue weighted by atomic mass is 35.5. The second-order valence-corrected chi connectivity index (χ2v) is 12.0. The van der Waals surface area contributed by atoms with Gasteiger partial charge >= 0.3 is 0 Å². The van der Waals surface area contributed by atoms with E-state index < -0.39 is 22.5 Å². The van der Waals surface area contributed by atoms with E-state index in [1.54, 1.807) is 48.5 Å². The van der Waals surface area contributed by atoms with Gasteiger partial charge < -0.3 is 9.47 Å². The van der Waals surface area contributed by atoms with Crippen LogP contribution in [0.25, 0.3) is 0 Å². The largest absolute Gasteiger partial charge is 0.490 e. The van der Waals surface area contributed by atoms with Crippen LogP contribution in [0.2, 0.25) is 15.1 Å². The lowest BCUT2D eigenvalue weighted by Gasteiger charge is -2.24. The second-order valence-electron chi connectivity index (χ2n) is 8.80. The molecule has 8 nitrogen and oxygen atoms in total. The third-order valence-corrected chi connectivity index (χ3v) is 8.21. The second kappa shape index (κ2) is 14.4. The molecule has 0 saturated heterocycles. The maximum absolute atomic E-state index is 13.5. The van der Waals surface area contributed by atoms with Crippen molar-refractivity contribution < 1.29 is 22.7 Å². The molecule has 12 heteroatoms. The van der Waals surface area contributed by atoms with Gasteiger partial charge in [-0.05, 0) is 78.7 Å². The van der Waals surface area contributed by atoms with Crippen LogP contribution in [0.1, 0.15) is 18.1 Å². The van der Waals surface area contributed by atoms with Gasteiger partial charge in [0, 0.05) is 15.1 Å². The molecule has 0 fully saturated rings. The molecular formula is C30H26Cl3N3O5S. The third kappa shape index (κ3) is 8.39. The zero-order valence-corrected chi connectivity index (χ0v) is 25.4. The monoisotopic (exact) mass is 645 g/mol. The SMILES string of the molecule is CCOc1cc(/C=N\NC(=O)CN(c2cc(Cl)cc(Cl)c2)S(=O)(=O)c2ccccc2)ccc1OCc1ccc(Cl)cc1. The summed E-state index contributed by atoms with van der Waals surface area (Å²) in [5, 5.41) is 5.08. The number of hydrogen-bond donors (Lipinski definition) is 1. The van der Waals surface area contributed by atoms with Crippen LogP contribution in [-0.2, 0) is 21.4 Å². The van der Waals surface area contributed by atoms with Gasteiger partial charge in [0.1, 0.15) is 13.2 Å². The van der Waals surface area contributed by atoms with Gasteiger partial charge in [0.2, 0.25) is 0 Å². The Morgan fingerprint density at radius 1 is 0.857 bits per heavy atom. The summed E-state index contributed by atoms with van der Waals surface area (Å²) < 4.78 is 39.5. The van der Waals surface area contributed by atoms with Crippen LogP contribution in [0.15, 0.2) is 101 Å². The Morgan fingerprint density at radius 3 is 2.21 bits per heavy atom. The molecule has 0 unspecified atom stereocenters. The van der Waals surface area contributed by atoms with Crippen molar-refractivity contribution in [3.63, 3.8) is 0 Å². The van der Waals surface area contributed by atoms with Crippen molar-refractivity contribution in [2.75, 3.05) is 17.5 Å². The van der Waals surface area contributed by atoms with Crippen molar-refractivity contribution in [3.05, 3.63) is 117 Å². The van der Waals surface area contributed by atoms with E-state index in [1.807, 2.05) is 19.1 Å². The van der Waals surface area contributed by atoms with Gasteiger partial charge in [0.25, 0.3) is 15.9 Å². The van der Waals surface area contributed by atoms with Crippen molar-refractivity contribution in [1.82, 2.24) is 5.43 Å². The summed E-state index contributed by atoms with van der Waals surface area (Å²) >= 11 is 18.2. The number of anilines is 1. The minimum Gasteiger partial charge on any atom is -0.490 e. The molecule has 0 atom stereocenters. The maximum Gasteiger partial charge on any atom is 0.264 e. The fourth-order valence-electron chi connectivity index (χ4n) is 3.80. The zero-order valence-electron chi connectivity index (χ0n) is 22.3. The molecule has 0 spiro atoms. The van der Waals surface area contributed by atoms with Gasteiger partial charge in [-0.15, -0.1) is 0 Å². The van der Waals surface area contributed by atoms with Gasteiger partial charge in [0.15, 0.2) is 11.5 Å². The number of benzene rings is 4. The van der Waals surface area contributed by atoms with Crippen molar-refractivity contribution in [2.45, 2.75) is 18.4 Å². The highest BCUT2D eigenvalue weighted by molar-refractivity contribution is 7.92. The molecule has 1 amide bonds. The average Bonchev–Trinajstić information content (AvgIpc) is 2.96. The number of hydrogen-bond acceptors (Lipinski definition) is 6. The first-order chi connectivity index (χ1) is 20.2. The lowest BCUT2D eigenvalue weighted by Crippen LogP contribution is -2.39. The summed E-state index contributed by atoms with van der Waals surface area (Å²) in [5.74, 6) is 0.351. The van der Waals surface area contributed by atoms with E-state index in [0.29, 0.717) is 35.3 Å². The van der Waals surface area contributed by atoms with Crippen LogP contribution < -0.4 is 19.2 Å². The Hall–Kier alpha value is -3.76. The molecule has 218 valence electrons. The number of amides is 1. The van der Waals surface area contributed by atoms with E-state index in [9.17, 15) is 13.2 Å². The van der Waals surface area contributed by atoms with Crippen LogP contribution in [0, 0.1) is 0 Å². The molecule has 0 radical (unpaired) electrons. The number of sulfonamides is 1. The molecule has 0 saturated carbocycles. The number of nitrogens with zero attached hydrogens (tertiary/aromatic N) is 2. The Labute approximate surface area is 259 Å². The van der Waals surface area contributed by atoms with Crippen LogP contribution in [0.3, 0.4) is 0 Å². The van der Waals surface area contributed by atoms with Crippen molar-refractivity contribution in [2.24, 2.45) is 5.10 Å². The molecule has 0 aliphatic carbocycles. The van der Waals surface area contributed by atoms with E-state index >= 15 is 0 Å². The fraction of sp³-hybridized carbons (Fsp3) is 0.133. The highest BCUT2D eigenvalue weighted by Gasteiger charge is 2.27. The normalized spacial score (nSPS) is 11.3. The molecule has 1 N–H and O–H groups in total. The van der Waals surface area contributed by atoms with Crippen LogP contribution >= 0.6 is 34.8 Å². The van der Waals surface area contributed by atoms with Crippen molar-refractivity contribution >= 4 is 62.6 Å². The third-order valence-electron chi connectivity index (χ3n) is 5.73. The quantitative estimate of drug-likeness (QED) is 0.132. The predicted molar refractivity (Wildman–Crippen MR) is 167 cm³/mol. The van der Waals surface area contributed by atoms with Crippen LogP contribution in [0.4, 0.5) is 5.69 Å². The first-order valence-corrected chi connectivity index (χ1v) is 15.2. The average molecular weight is 647 g/mol. The standard InChI is InChI=1S/C30H26Cl3N3O5S/c1-2-40-29-14-22(10-13-28(29)41-20-21-8-11-23(31)12-9-21)18-34-35-30(37)19-36(26-16-24(32)15-25(33)17-26)42(38,39)27-6-4-3-5-7-27/h3-18H,2,19-20H2,1H3,(H,35,37)/b34-18-. The summed E-state index contributed by atoms with van der Waals surface area (Å²) in [5.41, 5.74) is 4.07. The number of ether oxygens (including phenoxy) is 2. The topological polar surface area (TPSA) is 97.3 Å². The number of rotatable bonds is 12. The molecule has 0 heterocycles. The number of carbonyl (C=O) groups is 1. The van der Waals surface area contributed by atoms with E-state index in [4.69, 9.17) is 44.3 Å². The van der Waals surface area contributed by atoms with Crippen molar-refractivity contribution in [3.8, 4) is 11.5 Å². The van der Waals surface area contributed by atoms with E-state index in [-0.39, 0.29) is 20.6 Å². The molecule has 0 aliphatic heterocycles. The van der Waals surface area contributed by atoms with E-state index in [1.165, 1.54) is 36.5 Å². The Kier molecular flexibility index (Phi) is 10.7. The summed E-state index contributed by atoms with van der Waals surface area (Å²) in [6.07, 6.45) is 1.41. The highest BCUT2D eigenvalue weighted by Crippen LogP contribution is 2.30. The van der Waals surface area contributed by atoms with Gasteiger partial charge in [-0.3, -0.25) is 9.10 Å². The maximum atomic E-state index is 13.5. The number of carbonyl (C=O) groups excluding carboxylic acids is 1. The van der Waals surface area contributed by atoms with Gasteiger partial charge in [-0.25, -0.2) is 13.8 Å². The van der Waals surface area contributed by atoms with Crippen LogP contribution in [0.5, 0.6) is 11.5 Å². The molecule has 4 aromatic rings. The van der Waals surface area contributed by atoms with E-state index in [0.717, 1.165) is 9.87 Å². The van der Waals surface area contributed by atoms with Gasteiger partial charge in [0.05, 0.1) is 23.4 Å². The Bertz CT molecular complexity index is 1650. The Balaban J connectivity index is 1.48. The first kappa shape index (κ1) is 31.2. The molecule has 0 aliphatic rings. The number of hydrazone groups is 1. The summed E-state index contributed by atoms with van der Waals surface area (Å²) in [4.78, 5) is 12.9. The molecule has 0 bridgehead atoms. The summed E-state index contributed by atoms with van der Waals surface area (Å²) in [6.45, 7) is 2.01. The van der Waals surface area contributed by atoms with Crippen molar-refractivity contribution in [1.29, 1.82) is 0 Å². The molecule has 4 rings (SSSR count). The van der Waals surface area contributed by atoms with E-state index in [2.05, 4.69) is 10.5 Å². The van der Waals surface area contributed by atoms with Crippen LogP contribution in [-0.4, -0.2) is 33.7 Å². The summed E-state index contributed by atoms with van der Waals surface area (Å²) in [7, 11) is -4.14. The molecule has 0 aromatic heterocycles. The Morgan fingerprint density at radius 2 is 1.55 bits per heavy atom. The number of halogens is 3. The zero-order chi connectivity index (χ0) is 30.1. The number of nitrogens with one attached hydrogen (secondary N) is 1. The fourth-order valence-corrected chi connectivity index (χ4v) is 5.86. The smallest absolute Gasteiger partial charge is 0.264 e. The molecule has 4 aromatic carbocycles. The lowest BCUT2D eigenvalue weighted by molar-refractivity contribution is -0.119. The molecule has 42 heavy (non-hydrogen) atoms. The summed E-state index contributed by atoms with van der Waals surface area (Å²) in [6, 6.07) is 24.6. The predicted octanol–water partition coefficient (Wildman–Crippen LogP) is 6.97. The first-order valence-electron chi connectivity index (χ1n) is 12.7. The minimum atomic E-state index is -4.14. The molecular weight excluding hydrogens is 621 g/mol. The van der Waals surface area contributed by atoms with Gasteiger partial charge in [-0.2, -0.15) is 5.10 Å². The minimum absolute atomic E-state index is 0.000719.